The molecule has 6 heteroatoms. The average Bonchev–Trinajstić information content (AvgIpc) is 3.08. The third-order valence-electron chi connectivity index (χ3n) is 2.84. The molecule has 0 aliphatic rings. The van der Waals surface area contributed by atoms with Gasteiger partial charge < -0.3 is 4.52 Å². The largest absolute Gasteiger partial charge is 0.338 e. The summed E-state index contributed by atoms with van der Waals surface area (Å²) in [4.78, 5) is 11.9. The molecule has 0 spiro atoms. The molecule has 3 aromatic rings. The molecule has 0 saturated carbocycles. The van der Waals surface area contributed by atoms with Crippen LogP contribution in [0.3, 0.4) is 0 Å². The number of benzene rings is 1. The molecule has 3 rings (SSSR count). The first-order chi connectivity index (χ1) is 10.2. The molecule has 2 heterocycles. The highest BCUT2D eigenvalue weighted by molar-refractivity contribution is 7.08. The SMILES string of the molecule is O=C(Cc1cccc(Cl)c1)Nc1cc(-c2ccsc2)no1. The molecule has 0 atom stereocenters. The standard InChI is InChI=1S/C15H11ClN2O2S/c16-12-3-1-2-10(6-12)7-14(19)17-15-8-13(18-20-15)11-4-5-21-9-11/h1-6,8-9H,7H2,(H,17,19). The Morgan fingerprint density at radius 2 is 2.24 bits per heavy atom. The van der Waals surface area contributed by atoms with Gasteiger partial charge in [-0.15, -0.1) is 0 Å². The Bertz CT molecular complexity index is 753. The van der Waals surface area contributed by atoms with E-state index in [4.69, 9.17) is 16.1 Å². The van der Waals surface area contributed by atoms with Crippen molar-refractivity contribution in [2.75, 3.05) is 5.32 Å². The van der Waals surface area contributed by atoms with E-state index >= 15 is 0 Å². The van der Waals surface area contributed by atoms with Crippen molar-refractivity contribution in [3.63, 3.8) is 0 Å². The minimum atomic E-state index is -0.176. The Hall–Kier alpha value is -2.11. The van der Waals surface area contributed by atoms with Gasteiger partial charge in [-0.05, 0) is 29.1 Å². The highest BCUT2D eigenvalue weighted by Crippen LogP contribution is 2.23. The predicted octanol–water partition coefficient (Wildman–Crippen LogP) is 4.24. The fourth-order valence-corrected chi connectivity index (χ4v) is 2.76. The van der Waals surface area contributed by atoms with Gasteiger partial charge in [-0.25, -0.2) is 0 Å². The second-order valence-corrected chi connectivity index (χ2v) is 5.66. The van der Waals surface area contributed by atoms with Gasteiger partial charge in [-0.2, -0.15) is 11.3 Å². The Morgan fingerprint density at radius 3 is 3.00 bits per heavy atom. The van der Waals surface area contributed by atoms with E-state index in [2.05, 4.69) is 10.5 Å². The number of amides is 1. The summed E-state index contributed by atoms with van der Waals surface area (Å²) in [5.41, 5.74) is 2.52. The van der Waals surface area contributed by atoms with Crippen LogP contribution in [0.1, 0.15) is 5.56 Å². The molecular weight excluding hydrogens is 308 g/mol. The molecule has 0 aliphatic heterocycles. The van der Waals surface area contributed by atoms with Crippen LogP contribution in [0.5, 0.6) is 0 Å². The smallest absolute Gasteiger partial charge is 0.231 e. The van der Waals surface area contributed by atoms with Crippen LogP contribution in [-0.2, 0) is 11.2 Å². The number of nitrogens with one attached hydrogen (secondary N) is 1. The number of halogens is 1. The first kappa shape index (κ1) is 13.9. The van der Waals surface area contributed by atoms with Crippen molar-refractivity contribution in [3.05, 3.63) is 57.7 Å². The number of hydrogen-bond donors (Lipinski definition) is 1. The first-order valence-corrected chi connectivity index (χ1v) is 7.56. The zero-order chi connectivity index (χ0) is 14.7. The molecule has 0 bridgehead atoms. The van der Waals surface area contributed by atoms with E-state index in [1.54, 1.807) is 29.5 Å². The molecule has 1 aromatic carbocycles. The summed E-state index contributed by atoms with van der Waals surface area (Å²) in [7, 11) is 0. The second-order valence-electron chi connectivity index (χ2n) is 4.44. The predicted molar refractivity (Wildman–Crippen MR) is 83.6 cm³/mol. The quantitative estimate of drug-likeness (QED) is 0.783. The summed E-state index contributed by atoms with van der Waals surface area (Å²) >= 11 is 7.47. The Morgan fingerprint density at radius 1 is 1.33 bits per heavy atom. The number of nitrogens with zero attached hydrogens (tertiary/aromatic N) is 1. The molecule has 0 aliphatic carbocycles. The highest BCUT2D eigenvalue weighted by atomic mass is 35.5. The van der Waals surface area contributed by atoms with Crippen LogP contribution in [0.4, 0.5) is 5.88 Å². The van der Waals surface area contributed by atoms with Gasteiger partial charge in [0.15, 0.2) is 0 Å². The number of thiophene rings is 1. The van der Waals surface area contributed by atoms with Crippen molar-refractivity contribution >= 4 is 34.7 Å². The molecule has 0 radical (unpaired) electrons. The topological polar surface area (TPSA) is 55.1 Å². The highest BCUT2D eigenvalue weighted by Gasteiger charge is 2.10. The summed E-state index contributed by atoms with van der Waals surface area (Å²) in [5.74, 6) is 0.161. The summed E-state index contributed by atoms with van der Waals surface area (Å²) < 4.78 is 5.12. The molecule has 0 fully saturated rings. The summed E-state index contributed by atoms with van der Waals surface area (Å²) in [5, 5.41) is 11.2. The van der Waals surface area contributed by atoms with Crippen LogP contribution in [0.15, 0.2) is 51.7 Å². The normalized spacial score (nSPS) is 10.5. The van der Waals surface area contributed by atoms with Crippen LogP contribution in [0.25, 0.3) is 11.3 Å². The second kappa shape index (κ2) is 6.11. The number of rotatable bonds is 4. The van der Waals surface area contributed by atoms with Gasteiger partial charge in [0.2, 0.25) is 11.8 Å². The van der Waals surface area contributed by atoms with E-state index in [-0.39, 0.29) is 12.3 Å². The summed E-state index contributed by atoms with van der Waals surface area (Å²) in [6, 6.07) is 10.8. The maximum Gasteiger partial charge on any atom is 0.231 e. The first-order valence-electron chi connectivity index (χ1n) is 6.24. The monoisotopic (exact) mass is 318 g/mol. The van der Waals surface area contributed by atoms with Crippen molar-refractivity contribution in [2.45, 2.75) is 6.42 Å². The Labute approximate surface area is 130 Å². The molecule has 1 N–H and O–H groups in total. The molecule has 21 heavy (non-hydrogen) atoms. The van der Waals surface area contributed by atoms with Crippen LogP contribution in [-0.4, -0.2) is 11.1 Å². The van der Waals surface area contributed by atoms with Gasteiger partial charge in [0.05, 0.1) is 6.42 Å². The van der Waals surface area contributed by atoms with Crippen LogP contribution in [0, 0.1) is 0 Å². The fraction of sp³-hybridized carbons (Fsp3) is 0.0667. The molecule has 1 amide bonds. The van der Waals surface area contributed by atoms with Gasteiger partial charge in [-0.3, -0.25) is 10.1 Å². The average molecular weight is 319 g/mol. The van der Waals surface area contributed by atoms with Crippen LogP contribution < -0.4 is 5.32 Å². The van der Waals surface area contributed by atoms with Gasteiger partial charge in [-0.1, -0.05) is 28.9 Å². The van der Waals surface area contributed by atoms with E-state index in [0.29, 0.717) is 16.6 Å². The lowest BCUT2D eigenvalue weighted by atomic mass is 10.1. The van der Waals surface area contributed by atoms with E-state index in [1.807, 2.05) is 29.0 Å². The fourth-order valence-electron chi connectivity index (χ4n) is 1.89. The molecule has 4 nitrogen and oxygen atoms in total. The van der Waals surface area contributed by atoms with E-state index in [0.717, 1.165) is 11.1 Å². The Kier molecular flexibility index (Phi) is 4.03. The maximum atomic E-state index is 11.9. The van der Waals surface area contributed by atoms with Crippen molar-refractivity contribution < 1.29 is 9.32 Å². The number of carbonyl (C=O) groups is 1. The molecular formula is C15H11ClN2O2S. The van der Waals surface area contributed by atoms with Gasteiger partial charge in [0, 0.05) is 22.0 Å². The maximum absolute atomic E-state index is 11.9. The summed E-state index contributed by atoms with van der Waals surface area (Å²) in [6.45, 7) is 0. The molecule has 106 valence electrons. The van der Waals surface area contributed by atoms with E-state index < -0.39 is 0 Å². The molecule has 2 aromatic heterocycles. The van der Waals surface area contributed by atoms with E-state index in [9.17, 15) is 4.79 Å². The summed E-state index contributed by atoms with van der Waals surface area (Å²) in [6.07, 6.45) is 0.231. The minimum Gasteiger partial charge on any atom is -0.338 e. The lowest BCUT2D eigenvalue weighted by Gasteiger charge is -2.01. The zero-order valence-electron chi connectivity index (χ0n) is 10.9. The Balaban J connectivity index is 1.65. The van der Waals surface area contributed by atoms with Crippen molar-refractivity contribution in [2.24, 2.45) is 0 Å². The van der Waals surface area contributed by atoms with Crippen LogP contribution >= 0.6 is 22.9 Å². The molecule has 0 saturated heterocycles. The van der Waals surface area contributed by atoms with E-state index in [1.165, 1.54) is 0 Å². The van der Waals surface area contributed by atoms with Crippen molar-refractivity contribution in [1.29, 1.82) is 0 Å². The van der Waals surface area contributed by atoms with Crippen molar-refractivity contribution in [1.82, 2.24) is 5.16 Å². The van der Waals surface area contributed by atoms with Crippen molar-refractivity contribution in [3.8, 4) is 11.3 Å². The van der Waals surface area contributed by atoms with Gasteiger partial charge in [0.1, 0.15) is 5.69 Å². The lowest BCUT2D eigenvalue weighted by molar-refractivity contribution is -0.115. The minimum absolute atomic E-state index is 0.176. The number of hydrogen-bond acceptors (Lipinski definition) is 4. The third kappa shape index (κ3) is 3.51. The number of carbonyl (C=O) groups excluding carboxylic acids is 1. The lowest BCUT2D eigenvalue weighted by Crippen LogP contribution is -2.13. The molecule has 0 unspecified atom stereocenters. The number of anilines is 1. The number of aromatic nitrogens is 1. The zero-order valence-corrected chi connectivity index (χ0v) is 12.4. The van der Waals surface area contributed by atoms with Crippen LogP contribution in [0.2, 0.25) is 5.02 Å². The third-order valence-corrected chi connectivity index (χ3v) is 3.76. The van der Waals surface area contributed by atoms with Gasteiger partial charge in [0.25, 0.3) is 0 Å². The van der Waals surface area contributed by atoms with Gasteiger partial charge >= 0.3 is 0 Å².